The molecule has 0 saturated heterocycles. The van der Waals surface area contributed by atoms with Gasteiger partial charge in [-0.1, -0.05) is 35.9 Å². The fraction of sp³-hybridized carbons (Fsp3) is 0.188. The molecule has 2 rings (SSSR count). The second-order valence-electron chi connectivity index (χ2n) is 4.41. The Hall–Kier alpha value is -2.05. The van der Waals surface area contributed by atoms with Crippen LogP contribution in [0.3, 0.4) is 0 Å². The molecule has 0 unspecified atom stereocenters. The molecule has 0 amide bonds. The average molecular weight is 289 g/mol. The van der Waals surface area contributed by atoms with Crippen LogP contribution >= 0.6 is 11.6 Å². The fourth-order valence-electron chi connectivity index (χ4n) is 1.98. The van der Waals surface area contributed by atoms with Crippen molar-refractivity contribution in [3.63, 3.8) is 0 Å². The largest absolute Gasteiger partial charge is 0.366 e. The van der Waals surface area contributed by atoms with Gasteiger partial charge in [0.05, 0.1) is 17.5 Å². The number of nitriles is 1. The number of hydrogen-bond acceptors (Lipinski definition) is 2. The van der Waals surface area contributed by atoms with E-state index < -0.39 is 5.82 Å². The molecule has 2 aromatic carbocycles. The normalized spacial score (nSPS) is 10.1. The lowest BCUT2D eigenvalue weighted by molar-refractivity contribution is 0.627. The second-order valence-corrected chi connectivity index (χ2v) is 4.82. The van der Waals surface area contributed by atoms with Gasteiger partial charge in [-0.3, -0.25) is 0 Å². The van der Waals surface area contributed by atoms with Crippen LogP contribution in [0.1, 0.15) is 12.0 Å². The monoisotopic (exact) mass is 288 g/mol. The van der Waals surface area contributed by atoms with Gasteiger partial charge in [0.15, 0.2) is 0 Å². The van der Waals surface area contributed by atoms with Crippen molar-refractivity contribution in [3.8, 4) is 6.07 Å². The van der Waals surface area contributed by atoms with E-state index in [0.29, 0.717) is 19.5 Å². The summed E-state index contributed by atoms with van der Waals surface area (Å²) in [4.78, 5) is 2.08. The van der Waals surface area contributed by atoms with Gasteiger partial charge in [-0.25, -0.2) is 4.39 Å². The number of benzene rings is 2. The van der Waals surface area contributed by atoms with Crippen molar-refractivity contribution in [1.82, 2.24) is 0 Å². The van der Waals surface area contributed by atoms with Crippen molar-refractivity contribution >= 4 is 17.3 Å². The lowest BCUT2D eigenvalue weighted by Gasteiger charge is -2.24. The van der Waals surface area contributed by atoms with E-state index in [1.54, 1.807) is 12.1 Å². The number of para-hydroxylation sites is 1. The maximum Gasteiger partial charge on any atom is 0.141 e. The molecule has 0 spiro atoms. The number of halogens is 2. The maximum atomic E-state index is 13.2. The Labute approximate surface area is 123 Å². The predicted molar refractivity (Wildman–Crippen MR) is 79.1 cm³/mol. The zero-order chi connectivity index (χ0) is 14.4. The summed E-state index contributed by atoms with van der Waals surface area (Å²) in [7, 11) is 0. The van der Waals surface area contributed by atoms with Gasteiger partial charge in [-0.2, -0.15) is 5.26 Å². The topological polar surface area (TPSA) is 27.0 Å². The van der Waals surface area contributed by atoms with Crippen molar-refractivity contribution in [2.24, 2.45) is 0 Å². The van der Waals surface area contributed by atoms with Gasteiger partial charge in [0, 0.05) is 18.8 Å². The first-order valence-electron chi connectivity index (χ1n) is 6.31. The van der Waals surface area contributed by atoms with E-state index in [2.05, 4.69) is 11.0 Å². The van der Waals surface area contributed by atoms with Gasteiger partial charge in [0.25, 0.3) is 0 Å². The molecule has 2 nitrogen and oxygen atoms in total. The summed E-state index contributed by atoms with van der Waals surface area (Å²) in [5.74, 6) is -0.418. The molecule has 102 valence electrons. The molecule has 4 heteroatoms. The Morgan fingerprint density at radius 2 is 1.90 bits per heavy atom. The number of nitrogens with zero attached hydrogens (tertiary/aromatic N) is 2. The third-order valence-corrected chi connectivity index (χ3v) is 3.26. The van der Waals surface area contributed by atoms with Crippen molar-refractivity contribution in [2.45, 2.75) is 13.0 Å². The number of hydrogen-bond donors (Lipinski definition) is 0. The molecule has 0 aliphatic heterocycles. The Balaban J connectivity index is 2.19. The Morgan fingerprint density at radius 1 is 1.15 bits per heavy atom. The highest BCUT2D eigenvalue weighted by Gasteiger charge is 2.08. The van der Waals surface area contributed by atoms with Crippen LogP contribution in [0.5, 0.6) is 0 Å². The second kappa shape index (κ2) is 6.93. The van der Waals surface area contributed by atoms with E-state index in [1.807, 2.05) is 30.3 Å². The molecule has 0 aliphatic rings. The minimum absolute atomic E-state index is 0.121. The number of anilines is 1. The smallest absolute Gasteiger partial charge is 0.141 e. The lowest BCUT2D eigenvalue weighted by atomic mass is 10.2. The summed E-state index contributed by atoms with van der Waals surface area (Å²) >= 11 is 5.80. The van der Waals surface area contributed by atoms with Gasteiger partial charge < -0.3 is 4.90 Å². The average Bonchev–Trinajstić information content (AvgIpc) is 2.48. The van der Waals surface area contributed by atoms with E-state index in [-0.39, 0.29) is 5.02 Å². The first kappa shape index (κ1) is 14.4. The highest BCUT2D eigenvalue weighted by Crippen LogP contribution is 2.20. The minimum atomic E-state index is -0.418. The molecule has 0 saturated carbocycles. The van der Waals surface area contributed by atoms with E-state index in [4.69, 9.17) is 16.9 Å². The third kappa shape index (κ3) is 3.72. The minimum Gasteiger partial charge on any atom is -0.366 e. The van der Waals surface area contributed by atoms with Gasteiger partial charge in [0.2, 0.25) is 0 Å². The van der Waals surface area contributed by atoms with Crippen LogP contribution in [-0.2, 0) is 6.54 Å². The van der Waals surface area contributed by atoms with Crippen LogP contribution in [0, 0.1) is 17.1 Å². The summed E-state index contributed by atoms with van der Waals surface area (Å²) in [6, 6.07) is 16.7. The van der Waals surface area contributed by atoms with Crippen LogP contribution in [-0.4, -0.2) is 6.54 Å². The van der Waals surface area contributed by atoms with Crippen LogP contribution < -0.4 is 4.90 Å². The molecule has 20 heavy (non-hydrogen) atoms. The van der Waals surface area contributed by atoms with Crippen LogP contribution in [0.2, 0.25) is 5.02 Å². The van der Waals surface area contributed by atoms with Gasteiger partial charge in [-0.05, 0) is 29.8 Å². The van der Waals surface area contributed by atoms with Crippen molar-refractivity contribution < 1.29 is 4.39 Å². The molecule has 0 bridgehead atoms. The highest BCUT2D eigenvalue weighted by molar-refractivity contribution is 6.30. The van der Waals surface area contributed by atoms with E-state index in [0.717, 1.165) is 11.3 Å². The third-order valence-electron chi connectivity index (χ3n) is 2.97. The van der Waals surface area contributed by atoms with Gasteiger partial charge >= 0.3 is 0 Å². The summed E-state index contributed by atoms with van der Waals surface area (Å²) in [5.41, 5.74) is 1.95. The first-order chi connectivity index (χ1) is 9.70. The molecule has 0 N–H and O–H groups in total. The summed E-state index contributed by atoms with van der Waals surface area (Å²) < 4.78 is 13.2. The number of rotatable bonds is 5. The molecular formula is C16H14ClFN2. The van der Waals surface area contributed by atoms with Crippen LogP contribution in [0.15, 0.2) is 48.5 Å². The van der Waals surface area contributed by atoms with Crippen molar-refractivity contribution in [3.05, 3.63) is 64.9 Å². The molecular weight excluding hydrogens is 275 g/mol. The van der Waals surface area contributed by atoms with E-state index in [9.17, 15) is 4.39 Å². The van der Waals surface area contributed by atoms with Crippen LogP contribution in [0.25, 0.3) is 0 Å². The molecule has 0 atom stereocenters. The first-order valence-corrected chi connectivity index (χ1v) is 6.69. The summed E-state index contributed by atoms with van der Waals surface area (Å²) in [6.45, 7) is 1.21. The zero-order valence-corrected chi connectivity index (χ0v) is 11.6. The standard InChI is InChI=1S/C16H14ClFN2/c17-15-11-13(7-8-16(15)18)12-20(10-4-9-19)14-5-2-1-3-6-14/h1-3,5-8,11H,4,10,12H2. The predicted octanol–water partition coefficient (Wildman–Crippen LogP) is 4.40. The lowest BCUT2D eigenvalue weighted by Crippen LogP contribution is -2.23. The molecule has 0 aliphatic carbocycles. The summed E-state index contributed by atoms with van der Waals surface area (Å²) in [5, 5.41) is 8.88. The molecule has 0 radical (unpaired) electrons. The van der Waals surface area contributed by atoms with Gasteiger partial charge in [0.1, 0.15) is 5.82 Å². The van der Waals surface area contributed by atoms with Crippen molar-refractivity contribution in [1.29, 1.82) is 5.26 Å². The van der Waals surface area contributed by atoms with Gasteiger partial charge in [-0.15, -0.1) is 0 Å². The molecule has 2 aromatic rings. The SMILES string of the molecule is N#CCCN(Cc1ccc(F)c(Cl)c1)c1ccccc1. The van der Waals surface area contributed by atoms with Crippen molar-refractivity contribution in [2.75, 3.05) is 11.4 Å². The van der Waals surface area contributed by atoms with Crippen LogP contribution in [0.4, 0.5) is 10.1 Å². The fourth-order valence-corrected chi connectivity index (χ4v) is 2.18. The molecule has 0 fully saturated rings. The zero-order valence-electron chi connectivity index (χ0n) is 10.9. The summed E-state index contributed by atoms with van der Waals surface area (Å²) in [6.07, 6.45) is 0.434. The maximum absolute atomic E-state index is 13.2. The quantitative estimate of drug-likeness (QED) is 0.815. The Kier molecular flexibility index (Phi) is 4.97. The highest BCUT2D eigenvalue weighted by atomic mass is 35.5. The van der Waals surface area contributed by atoms with E-state index in [1.165, 1.54) is 6.07 Å². The molecule has 0 heterocycles. The van der Waals surface area contributed by atoms with E-state index >= 15 is 0 Å². The Bertz CT molecular complexity index is 608. The molecule has 0 aromatic heterocycles. The Morgan fingerprint density at radius 3 is 2.55 bits per heavy atom.